The molecule has 92 valence electrons. The van der Waals surface area contributed by atoms with Crippen LogP contribution < -0.4 is 0 Å². The molecule has 0 aliphatic rings. The fourth-order valence-corrected chi connectivity index (χ4v) is 2.45. The van der Waals surface area contributed by atoms with Crippen LogP contribution in [0.15, 0.2) is 52.3 Å². The lowest BCUT2D eigenvalue weighted by Crippen LogP contribution is -1.99. The molecular weight excluding hydrogens is 251 g/mol. The number of aryl methyl sites for hydroxylation is 1. The maximum atomic E-state index is 12.8. The first-order valence-corrected chi connectivity index (χ1v) is 6.15. The number of rotatable bonds is 3. The van der Waals surface area contributed by atoms with E-state index >= 15 is 0 Å². The van der Waals surface area contributed by atoms with Crippen LogP contribution in [0.5, 0.6) is 0 Å². The van der Waals surface area contributed by atoms with Gasteiger partial charge in [-0.2, -0.15) is 0 Å². The Kier molecular flexibility index (Phi) is 3.67. The molecule has 0 radical (unpaired) electrons. The zero-order valence-electron chi connectivity index (χ0n) is 9.68. The highest BCUT2D eigenvalue weighted by molar-refractivity contribution is 7.99. The number of carboxylic acids is 1. The van der Waals surface area contributed by atoms with E-state index in [2.05, 4.69) is 0 Å². The Labute approximate surface area is 108 Å². The summed E-state index contributed by atoms with van der Waals surface area (Å²) in [6.07, 6.45) is 0. The average molecular weight is 262 g/mol. The van der Waals surface area contributed by atoms with E-state index in [1.165, 1.54) is 23.9 Å². The Balaban J connectivity index is 2.34. The average Bonchev–Trinajstić information content (AvgIpc) is 2.34. The fourth-order valence-electron chi connectivity index (χ4n) is 1.53. The van der Waals surface area contributed by atoms with Crippen LogP contribution in [0, 0.1) is 12.7 Å². The van der Waals surface area contributed by atoms with Crippen LogP contribution in [0.4, 0.5) is 4.39 Å². The van der Waals surface area contributed by atoms with Crippen molar-refractivity contribution in [1.82, 2.24) is 0 Å². The molecule has 18 heavy (non-hydrogen) atoms. The first kappa shape index (κ1) is 12.6. The van der Waals surface area contributed by atoms with Gasteiger partial charge < -0.3 is 5.11 Å². The standard InChI is InChI=1S/C14H11FO2S/c1-9-2-7-13(12(8-9)14(16)17)18-11-5-3-10(15)4-6-11/h2-8H,1H3,(H,16,17). The molecule has 0 saturated carbocycles. The van der Waals surface area contributed by atoms with Gasteiger partial charge in [-0.1, -0.05) is 23.4 Å². The summed E-state index contributed by atoms with van der Waals surface area (Å²) >= 11 is 1.31. The Bertz CT molecular complexity index is 579. The van der Waals surface area contributed by atoms with E-state index in [-0.39, 0.29) is 11.4 Å². The maximum absolute atomic E-state index is 12.8. The van der Waals surface area contributed by atoms with Gasteiger partial charge in [-0.3, -0.25) is 0 Å². The van der Waals surface area contributed by atoms with Crippen LogP contribution in [0.1, 0.15) is 15.9 Å². The molecule has 0 aromatic heterocycles. The molecular formula is C14H11FO2S. The summed E-state index contributed by atoms with van der Waals surface area (Å²) < 4.78 is 12.8. The highest BCUT2D eigenvalue weighted by Gasteiger charge is 2.11. The summed E-state index contributed by atoms with van der Waals surface area (Å²) in [6, 6.07) is 11.2. The molecule has 2 aromatic carbocycles. The van der Waals surface area contributed by atoms with Crippen molar-refractivity contribution in [3.63, 3.8) is 0 Å². The van der Waals surface area contributed by atoms with Gasteiger partial charge in [0, 0.05) is 9.79 Å². The first-order chi connectivity index (χ1) is 8.56. The van der Waals surface area contributed by atoms with E-state index in [1.54, 1.807) is 24.3 Å². The first-order valence-electron chi connectivity index (χ1n) is 5.33. The molecule has 0 unspecified atom stereocenters. The normalized spacial score (nSPS) is 10.3. The summed E-state index contributed by atoms with van der Waals surface area (Å²) in [6.45, 7) is 1.85. The lowest BCUT2D eigenvalue weighted by Gasteiger charge is -2.06. The molecule has 2 rings (SSSR count). The van der Waals surface area contributed by atoms with Crippen molar-refractivity contribution in [2.75, 3.05) is 0 Å². The third-order valence-corrected chi connectivity index (χ3v) is 3.49. The fraction of sp³-hybridized carbons (Fsp3) is 0.0714. The largest absolute Gasteiger partial charge is 0.478 e. The zero-order chi connectivity index (χ0) is 13.1. The van der Waals surface area contributed by atoms with Gasteiger partial charge in [0.1, 0.15) is 5.82 Å². The van der Waals surface area contributed by atoms with Gasteiger partial charge in [0.15, 0.2) is 0 Å². The number of hydrogen-bond acceptors (Lipinski definition) is 2. The molecule has 0 heterocycles. The van der Waals surface area contributed by atoms with Crippen LogP contribution in [0.2, 0.25) is 0 Å². The van der Waals surface area contributed by atoms with Crippen molar-refractivity contribution in [1.29, 1.82) is 0 Å². The summed E-state index contributed by atoms with van der Waals surface area (Å²) in [4.78, 5) is 12.6. The Morgan fingerprint density at radius 2 is 1.83 bits per heavy atom. The molecule has 0 amide bonds. The number of hydrogen-bond donors (Lipinski definition) is 1. The van der Waals surface area contributed by atoms with E-state index in [1.807, 2.05) is 13.0 Å². The topological polar surface area (TPSA) is 37.3 Å². The van der Waals surface area contributed by atoms with Gasteiger partial charge in [0.25, 0.3) is 0 Å². The van der Waals surface area contributed by atoms with Crippen LogP contribution in [-0.4, -0.2) is 11.1 Å². The summed E-state index contributed by atoms with van der Waals surface area (Å²) in [5, 5.41) is 9.14. The van der Waals surface area contributed by atoms with Gasteiger partial charge in [0.2, 0.25) is 0 Å². The van der Waals surface area contributed by atoms with E-state index < -0.39 is 5.97 Å². The van der Waals surface area contributed by atoms with Crippen molar-refractivity contribution >= 4 is 17.7 Å². The number of carboxylic acid groups (broad SMARTS) is 1. The van der Waals surface area contributed by atoms with Crippen LogP contribution in [0.25, 0.3) is 0 Å². The maximum Gasteiger partial charge on any atom is 0.336 e. The van der Waals surface area contributed by atoms with E-state index in [9.17, 15) is 9.18 Å². The molecule has 0 atom stereocenters. The van der Waals surface area contributed by atoms with E-state index in [4.69, 9.17) is 5.11 Å². The highest BCUT2D eigenvalue weighted by atomic mass is 32.2. The van der Waals surface area contributed by atoms with E-state index in [0.29, 0.717) is 4.90 Å². The second-order valence-corrected chi connectivity index (χ2v) is 4.98. The van der Waals surface area contributed by atoms with Gasteiger partial charge >= 0.3 is 5.97 Å². The molecule has 0 aliphatic heterocycles. The molecule has 0 bridgehead atoms. The second-order valence-electron chi connectivity index (χ2n) is 3.86. The van der Waals surface area contributed by atoms with Gasteiger partial charge in [-0.15, -0.1) is 0 Å². The van der Waals surface area contributed by atoms with Crippen LogP contribution in [0.3, 0.4) is 0 Å². The third kappa shape index (κ3) is 2.90. The van der Waals surface area contributed by atoms with Crippen molar-refractivity contribution in [3.05, 3.63) is 59.4 Å². The SMILES string of the molecule is Cc1ccc(Sc2ccc(F)cc2)c(C(=O)O)c1. The van der Waals surface area contributed by atoms with Crippen molar-refractivity contribution < 1.29 is 14.3 Å². The van der Waals surface area contributed by atoms with E-state index in [0.717, 1.165) is 10.5 Å². The molecule has 2 nitrogen and oxygen atoms in total. The second kappa shape index (κ2) is 5.23. The van der Waals surface area contributed by atoms with Gasteiger partial charge in [0.05, 0.1) is 5.56 Å². The third-order valence-electron chi connectivity index (χ3n) is 2.41. The Morgan fingerprint density at radius 1 is 1.17 bits per heavy atom. The number of halogens is 1. The highest BCUT2D eigenvalue weighted by Crippen LogP contribution is 2.31. The molecule has 0 fully saturated rings. The predicted molar refractivity (Wildman–Crippen MR) is 68.7 cm³/mol. The predicted octanol–water partition coefficient (Wildman–Crippen LogP) is 3.98. The van der Waals surface area contributed by atoms with Crippen LogP contribution >= 0.6 is 11.8 Å². The Hall–Kier alpha value is -1.81. The van der Waals surface area contributed by atoms with Crippen LogP contribution in [-0.2, 0) is 0 Å². The smallest absolute Gasteiger partial charge is 0.336 e. The minimum Gasteiger partial charge on any atom is -0.478 e. The molecule has 0 spiro atoms. The van der Waals surface area contributed by atoms with Crippen molar-refractivity contribution in [2.24, 2.45) is 0 Å². The minimum absolute atomic E-state index is 0.268. The zero-order valence-corrected chi connectivity index (χ0v) is 10.5. The lowest BCUT2D eigenvalue weighted by atomic mass is 10.1. The van der Waals surface area contributed by atoms with Crippen molar-refractivity contribution in [2.45, 2.75) is 16.7 Å². The number of benzene rings is 2. The molecule has 0 saturated heterocycles. The summed E-state index contributed by atoms with van der Waals surface area (Å²) in [5.74, 6) is -1.26. The Morgan fingerprint density at radius 3 is 2.44 bits per heavy atom. The van der Waals surface area contributed by atoms with Crippen molar-refractivity contribution in [3.8, 4) is 0 Å². The molecule has 1 N–H and O–H groups in total. The summed E-state index contributed by atoms with van der Waals surface area (Å²) in [5.41, 5.74) is 1.17. The monoisotopic (exact) mass is 262 g/mol. The molecule has 0 aliphatic carbocycles. The van der Waals surface area contributed by atoms with Gasteiger partial charge in [-0.05, 0) is 43.3 Å². The minimum atomic E-state index is -0.955. The van der Waals surface area contributed by atoms with Gasteiger partial charge in [-0.25, -0.2) is 9.18 Å². The number of aromatic carboxylic acids is 1. The lowest BCUT2D eigenvalue weighted by molar-refractivity contribution is 0.0693. The summed E-state index contributed by atoms with van der Waals surface area (Å²) in [7, 11) is 0. The quantitative estimate of drug-likeness (QED) is 0.909. The molecule has 4 heteroatoms. The molecule has 2 aromatic rings. The number of carbonyl (C=O) groups is 1.